The quantitative estimate of drug-likeness (QED) is 0.852. The van der Waals surface area contributed by atoms with Crippen LogP contribution < -0.4 is 5.32 Å². The van der Waals surface area contributed by atoms with Crippen LogP contribution in [-0.2, 0) is 0 Å². The Labute approximate surface area is 144 Å². The van der Waals surface area contributed by atoms with Gasteiger partial charge in [0.15, 0.2) is 0 Å². The van der Waals surface area contributed by atoms with Crippen molar-refractivity contribution in [3.05, 3.63) is 60.2 Å². The molecule has 2 aromatic carbocycles. The predicted octanol–water partition coefficient (Wildman–Crippen LogP) is 4.91. The van der Waals surface area contributed by atoms with Gasteiger partial charge in [-0.15, -0.1) is 0 Å². The maximum atomic E-state index is 12.6. The van der Waals surface area contributed by atoms with Gasteiger partial charge in [-0.25, -0.2) is 0 Å². The molecule has 0 heterocycles. The van der Waals surface area contributed by atoms with E-state index in [1.807, 2.05) is 42.5 Å². The summed E-state index contributed by atoms with van der Waals surface area (Å²) in [4.78, 5) is 12.6. The van der Waals surface area contributed by atoms with Gasteiger partial charge in [0.05, 0.1) is 0 Å². The molecule has 0 saturated heterocycles. The van der Waals surface area contributed by atoms with Gasteiger partial charge in [0.2, 0.25) is 0 Å². The number of carbonyl (C=O) groups excluding carboxylic acids is 1. The molecule has 2 bridgehead atoms. The van der Waals surface area contributed by atoms with Crippen molar-refractivity contribution >= 4 is 5.91 Å². The van der Waals surface area contributed by atoms with Crippen LogP contribution in [0.15, 0.2) is 54.6 Å². The molecule has 2 heteroatoms. The summed E-state index contributed by atoms with van der Waals surface area (Å²) in [6.07, 6.45) is 5.46. The molecule has 2 aliphatic carbocycles. The second-order valence-corrected chi connectivity index (χ2v) is 7.54. The first-order chi connectivity index (χ1) is 11.7. The molecule has 1 amide bonds. The largest absolute Gasteiger partial charge is 0.349 e. The molecule has 2 nitrogen and oxygen atoms in total. The number of nitrogens with one attached hydrogen (secondary N) is 1. The molecule has 0 aliphatic heterocycles. The summed E-state index contributed by atoms with van der Waals surface area (Å²) >= 11 is 0. The van der Waals surface area contributed by atoms with E-state index in [1.165, 1.54) is 31.2 Å². The summed E-state index contributed by atoms with van der Waals surface area (Å²) in [5, 5.41) is 3.24. The van der Waals surface area contributed by atoms with Crippen molar-refractivity contribution in [3.63, 3.8) is 0 Å². The molecular weight excluding hydrogens is 294 g/mol. The Hall–Kier alpha value is -2.09. The van der Waals surface area contributed by atoms with Gasteiger partial charge < -0.3 is 5.32 Å². The van der Waals surface area contributed by atoms with Crippen LogP contribution in [0.5, 0.6) is 0 Å². The van der Waals surface area contributed by atoms with Crippen LogP contribution >= 0.6 is 0 Å². The zero-order valence-electron chi connectivity index (χ0n) is 14.2. The molecule has 0 spiro atoms. The molecule has 2 fully saturated rings. The van der Waals surface area contributed by atoms with Gasteiger partial charge >= 0.3 is 0 Å². The zero-order valence-corrected chi connectivity index (χ0v) is 14.2. The van der Waals surface area contributed by atoms with Crippen molar-refractivity contribution in [3.8, 4) is 11.1 Å². The average Bonchev–Trinajstić information content (AvgIpc) is 3.26. The Morgan fingerprint density at radius 3 is 2.29 bits per heavy atom. The topological polar surface area (TPSA) is 29.1 Å². The molecule has 24 heavy (non-hydrogen) atoms. The molecule has 2 aliphatic rings. The minimum atomic E-state index is 0.0601. The Bertz CT molecular complexity index is 707. The highest BCUT2D eigenvalue weighted by molar-refractivity contribution is 5.94. The van der Waals surface area contributed by atoms with Crippen molar-refractivity contribution < 1.29 is 4.79 Å². The molecule has 124 valence electrons. The zero-order chi connectivity index (χ0) is 16.5. The summed E-state index contributed by atoms with van der Waals surface area (Å²) in [5.74, 6) is 2.50. The average molecular weight is 319 g/mol. The van der Waals surface area contributed by atoms with Crippen molar-refractivity contribution in [2.24, 2.45) is 17.8 Å². The van der Waals surface area contributed by atoms with Crippen LogP contribution in [0.3, 0.4) is 0 Å². The van der Waals surface area contributed by atoms with Crippen LogP contribution in [0.4, 0.5) is 0 Å². The van der Waals surface area contributed by atoms with E-state index in [-0.39, 0.29) is 11.9 Å². The number of carbonyl (C=O) groups is 1. The molecule has 4 rings (SSSR count). The normalized spacial score (nSPS) is 26.3. The summed E-state index contributed by atoms with van der Waals surface area (Å²) in [7, 11) is 0. The summed E-state index contributed by atoms with van der Waals surface area (Å²) in [6, 6.07) is 18.5. The third kappa shape index (κ3) is 2.98. The van der Waals surface area contributed by atoms with Crippen LogP contribution in [0.25, 0.3) is 11.1 Å². The highest BCUT2D eigenvalue weighted by atomic mass is 16.1. The van der Waals surface area contributed by atoms with E-state index in [4.69, 9.17) is 0 Å². The fraction of sp³-hybridized carbons (Fsp3) is 0.409. The SMILES string of the molecule is C[C@H](NC(=O)c1ccc(-c2ccccc2)cc1)[C@@H]1C[C@H]2CC[C@H]1C2. The second-order valence-electron chi connectivity index (χ2n) is 7.54. The van der Waals surface area contributed by atoms with Gasteiger partial charge in [0, 0.05) is 11.6 Å². The number of rotatable bonds is 4. The first-order valence-corrected chi connectivity index (χ1v) is 9.17. The molecule has 1 N–H and O–H groups in total. The first kappa shape index (κ1) is 15.4. The monoisotopic (exact) mass is 319 g/mol. The predicted molar refractivity (Wildman–Crippen MR) is 97.7 cm³/mol. The number of hydrogen-bond acceptors (Lipinski definition) is 1. The molecule has 0 unspecified atom stereocenters. The second kappa shape index (κ2) is 6.43. The van der Waals surface area contributed by atoms with E-state index in [9.17, 15) is 4.79 Å². The van der Waals surface area contributed by atoms with E-state index in [0.29, 0.717) is 5.92 Å². The van der Waals surface area contributed by atoms with Crippen LogP contribution in [0.2, 0.25) is 0 Å². The first-order valence-electron chi connectivity index (χ1n) is 9.17. The summed E-state index contributed by atoms with van der Waals surface area (Å²) in [5.41, 5.74) is 3.08. The Morgan fingerprint density at radius 1 is 0.958 bits per heavy atom. The van der Waals surface area contributed by atoms with Gasteiger partial charge in [0.1, 0.15) is 0 Å². The van der Waals surface area contributed by atoms with Crippen molar-refractivity contribution in [1.29, 1.82) is 0 Å². The standard InChI is InChI=1S/C22H25NO/c1-15(21-14-16-7-8-20(21)13-16)23-22(24)19-11-9-18(10-12-19)17-5-3-2-4-6-17/h2-6,9-12,15-16,20-21H,7-8,13-14H2,1H3,(H,23,24)/t15-,16-,20-,21-/m0/s1. The fourth-order valence-electron chi connectivity index (χ4n) is 4.75. The van der Waals surface area contributed by atoms with Gasteiger partial charge in [-0.1, -0.05) is 48.9 Å². The molecule has 0 radical (unpaired) electrons. The Balaban J connectivity index is 1.41. The lowest BCUT2D eigenvalue weighted by Crippen LogP contribution is -2.40. The summed E-state index contributed by atoms with van der Waals surface area (Å²) < 4.78 is 0. The van der Waals surface area contributed by atoms with Crippen molar-refractivity contribution in [1.82, 2.24) is 5.32 Å². The van der Waals surface area contributed by atoms with Gasteiger partial charge in [-0.05, 0) is 67.2 Å². The van der Waals surface area contributed by atoms with Crippen LogP contribution in [0, 0.1) is 17.8 Å². The molecule has 0 aromatic heterocycles. The Morgan fingerprint density at radius 2 is 1.67 bits per heavy atom. The lowest BCUT2D eigenvalue weighted by molar-refractivity contribution is 0.0915. The third-order valence-electron chi connectivity index (χ3n) is 6.05. The Kier molecular flexibility index (Phi) is 4.13. The minimum absolute atomic E-state index is 0.0601. The number of fused-ring (bicyclic) bond motifs is 2. The summed E-state index contributed by atoms with van der Waals surface area (Å²) in [6.45, 7) is 2.18. The smallest absolute Gasteiger partial charge is 0.251 e. The van der Waals surface area contributed by atoms with Gasteiger partial charge in [-0.2, -0.15) is 0 Å². The van der Waals surface area contributed by atoms with Gasteiger partial charge in [0.25, 0.3) is 5.91 Å². The van der Waals surface area contributed by atoms with Crippen molar-refractivity contribution in [2.45, 2.75) is 38.6 Å². The number of hydrogen-bond donors (Lipinski definition) is 1. The maximum absolute atomic E-state index is 12.6. The van der Waals surface area contributed by atoms with E-state index in [0.717, 1.165) is 23.0 Å². The third-order valence-corrected chi connectivity index (χ3v) is 6.05. The van der Waals surface area contributed by atoms with E-state index < -0.39 is 0 Å². The highest BCUT2D eigenvalue weighted by Gasteiger charge is 2.42. The highest BCUT2D eigenvalue weighted by Crippen LogP contribution is 2.49. The maximum Gasteiger partial charge on any atom is 0.251 e. The van der Waals surface area contributed by atoms with E-state index in [2.05, 4.69) is 24.4 Å². The number of benzene rings is 2. The van der Waals surface area contributed by atoms with E-state index in [1.54, 1.807) is 0 Å². The van der Waals surface area contributed by atoms with Crippen LogP contribution in [-0.4, -0.2) is 11.9 Å². The molecule has 4 atom stereocenters. The fourth-order valence-corrected chi connectivity index (χ4v) is 4.75. The lowest BCUT2D eigenvalue weighted by Gasteiger charge is -2.28. The molecule has 2 aromatic rings. The molecular formula is C22H25NO. The lowest BCUT2D eigenvalue weighted by atomic mass is 9.84. The van der Waals surface area contributed by atoms with Gasteiger partial charge in [-0.3, -0.25) is 4.79 Å². The van der Waals surface area contributed by atoms with Crippen LogP contribution in [0.1, 0.15) is 43.0 Å². The molecule has 2 saturated carbocycles. The van der Waals surface area contributed by atoms with Crippen molar-refractivity contribution in [2.75, 3.05) is 0 Å². The number of amides is 1. The van der Waals surface area contributed by atoms with E-state index >= 15 is 0 Å². The minimum Gasteiger partial charge on any atom is -0.349 e.